The van der Waals surface area contributed by atoms with E-state index in [1.54, 1.807) is 0 Å². The van der Waals surface area contributed by atoms with Gasteiger partial charge < -0.3 is 14.5 Å². The van der Waals surface area contributed by atoms with Crippen molar-refractivity contribution in [2.45, 2.75) is 32.2 Å². The Kier molecular flexibility index (Phi) is 8.82. The fourth-order valence-corrected chi connectivity index (χ4v) is 2.97. The van der Waals surface area contributed by atoms with Crippen molar-refractivity contribution in [3.8, 4) is 0 Å². The van der Waals surface area contributed by atoms with Crippen LogP contribution in [0.2, 0.25) is 0 Å². The molecule has 1 heterocycles. The zero-order valence-electron chi connectivity index (χ0n) is 19.4. The standard InChI is InChI=1S/C22H24F6N4O3/c1-5-31(3)8-9-35-20(34)18-17(29-6-7-30-18)13(2)32(4)19(33)14-10-15(21(23,24)25)12-16(11-14)22(26,27)28/h6-7,10-13H,5,8-9H2,1-4H3. The Labute approximate surface area is 197 Å². The van der Waals surface area contributed by atoms with Gasteiger partial charge in [0.2, 0.25) is 0 Å². The van der Waals surface area contributed by atoms with E-state index in [-0.39, 0.29) is 24.1 Å². The molecule has 1 aromatic carbocycles. The maximum atomic E-state index is 13.2. The van der Waals surface area contributed by atoms with Crippen LogP contribution in [0.5, 0.6) is 0 Å². The van der Waals surface area contributed by atoms with E-state index in [2.05, 4.69) is 9.97 Å². The number of esters is 1. The highest BCUT2D eigenvalue weighted by Gasteiger charge is 2.38. The van der Waals surface area contributed by atoms with Crippen LogP contribution < -0.4 is 0 Å². The summed E-state index contributed by atoms with van der Waals surface area (Å²) in [5.74, 6) is -1.97. The lowest BCUT2D eigenvalue weighted by atomic mass is 10.0. The molecular weight excluding hydrogens is 482 g/mol. The van der Waals surface area contributed by atoms with Crippen molar-refractivity contribution in [2.24, 2.45) is 0 Å². The lowest BCUT2D eigenvalue weighted by Gasteiger charge is -2.26. The molecule has 0 saturated carbocycles. The van der Waals surface area contributed by atoms with Crippen molar-refractivity contribution in [1.29, 1.82) is 0 Å². The number of carbonyl (C=O) groups is 2. The van der Waals surface area contributed by atoms with Gasteiger partial charge in [-0.25, -0.2) is 9.78 Å². The Hall–Kier alpha value is -3.22. The van der Waals surface area contributed by atoms with E-state index < -0.39 is 47.0 Å². The molecule has 2 rings (SSSR count). The summed E-state index contributed by atoms with van der Waals surface area (Å²) in [6, 6.07) is -0.415. The number of halogens is 6. The normalized spacial score (nSPS) is 13.0. The summed E-state index contributed by atoms with van der Waals surface area (Å²) < 4.78 is 84.2. The van der Waals surface area contributed by atoms with Crippen LogP contribution in [0.1, 0.15) is 57.6 Å². The minimum absolute atomic E-state index is 0.0276. The summed E-state index contributed by atoms with van der Waals surface area (Å²) in [5, 5.41) is 0. The molecule has 2 aromatic rings. The first kappa shape index (κ1) is 28.0. The van der Waals surface area contributed by atoms with Gasteiger partial charge in [0.25, 0.3) is 5.91 Å². The second-order valence-electron chi connectivity index (χ2n) is 7.71. The monoisotopic (exact) mass is 506 g/mol. The SMILES string of the molecule is CCN(C)CCOC(=O)c1nccnc1C(C)N(C)C(=O)c1cc(C(F)(F)F)cc(C(F)(F)F)c1. The minimum Gasteiger partial charge on any atom is -0.460 e. The van der Waals surface area contributed by atoms with Crippen LogP contribution >= 0.6 is 0 Å². The molecule has 192 valence electrons. The number of benzene rings is 1. The van der Waals surface area contributed by atoms with Crippen LogP contribution in [0.4, 0.5) is 26.3 Å². The zero-order chi connectivity index (χ0) is 26.6. The second-order valence-corrected chi connectivity index (χ2v) is 7.71. The van der Waals surface area contributed by atoms with Gasteiger partial charge >= 0.3 is 18.3 Å². The molecule has 0 N–H and O–H groups in total. The van der Waals surface area contributed by atoms with E-state index in [1.807, 2.05) is 18.9 Å². The first-order chi connectivity index (χ1) is 16.2. The number of ether oxygens (including phenoxy) is 1. The lowest BCUT2D eigenvalue weighted by Crippen LogP contribution is -2.32. The molecule has 1 atom stereocenters. The van der Waals surface area contributed by atoms with Gasteiger partial charge in [0, 0.05) is 31.5 Å². The molecule has 35 heavy (non-hydrogen) atoms. The summed E-state index contributed by atoms with van der Waals surface area (Å²) in [7, 11) is 2.99. The molecule has 0 fully saturated rings. The Morgan fingerprint density at radius 1 is 0.971 bits per heavy atom. The van der Waals surface area contributed by atoms with Crippen molar-refractivity contribution < 1.29 is 40.7 Å². The Morgan fingerprint density at radius 2 is 1.51 bits per heavy atom. The van der Waals surface area contributed by atoms with Crippen molar-refractivity contribution >= 4 is 11.9 Å². The third kappa shape index (κ3) is 7.13. The van der Waals surface area contributed by atoms with Crippen molar-refractivity contribution in [3.05, 3.63) is 58.7 Å². The summed E-state index contributed by atoms with van der Waals surface area (Å²) in [5.41, 5.74) is -4.30. The summed E-state index contributed by atoms with van der Waals surface area (Å²) in [6.45, 7) is 4.54. The van der Waals surface area contributed by atoms with Gasteiger partial charge in [-0.3, -0.25) is 9.78 Å². The van der Waals surface area contributed by atoms with Crippen LogP contribution in [0, 0.1) is 0 Å². The maximum absolute atomic E-state index is 13.2. The van der Waals surface area contributed by atoms with Gasteiger partial charge in [0.1, 0.15) is 6.61 Å². The number of aromatic nitrogens is 2. The van der Waals surface area contributed by atoms with Crippen molar-refractivity contribution in [2.75, 3.05) is 33.8 Å². The van der Waals surface area contributed by atoms with Crippen molar-refractivity contribution in [1.82, 2.24) is 19.8 Å². The Morgan fingerprint density at radius 3 is 2.03 bits per heavy atom. The molecule has 0 spiro atoms. The topological polar surface area (TPSA) is 75.6 Å². The number of hydrogen-bond acceptors (Lipinski definition) is 6. The molecule has 0 aliphatic heterocycles. The van der Waals surface area contributed by atoms with Gasteiger partial charge in [0.15, 0.2) is 5.69 Å². The lowest BCUT2D eigenvalue weighted by molar-refractivity contribution is -0.143. The van der Waals surface area contributed by atoms with E-state index in [4.69, 9.17) is 4.74 Å². The molecule has 0 saturated heterocycles. The highest BCUT2D eigenvalue weighted by Crippen LogP contribution is 2.37. The van der Waals surface area contributed by atoms with Gasteiger partial charge in [0.05, 0.1) is 22.9 Å². The third-order valence-electron chi connectivity index (χ3n) is 5.30. The quantitative estimate of drug-likeness (QED) is 0.389. The van der Waals surface area contributed by atoms with Gasteiger partial charge in [-0.2, -0.15) is 26.3 Å². The molecule has 1 unspecified atom stereocenters. The minimum atomic E-state index is -5.10. The van der Waals surface area contributed by atoms with Crippen LogP contribution in [-0.2, 0) is 17.1 Å². The summed E-state index contributed by atoms with van der Waals surface area (Å²) in [6.07, 6.45) is -7.75. The molecule has 13 heteroatoms. The number of amides is 1. The van der Waals surface area contributed by atoms with E-state index in [0.29, 0.717) is 18.7 Å². The van der Waals surface area contributed by atoms with Crippen LogP contribution in [-0.4, -0.2) is 65.4 Å². The highest BCUT2D eigenvalue weighted by molar-refractivity contribution is 5.95. The third-order valence-corrected chi connectivity index (χ3v) is 5.30. The first-order valence-electron chi connectivity index (χ1n) is 10.4. The smallest absolute Gasteiger partial charge is 0.416 e. The predicted octanol–water partition coefficient (Wildman–Crippen LogP) is 4.46. The molecule has 0 aliphatic carbocycles. The molecule has 1 aromatic heterocycles. The van der Waals surface area contributed by atoms with E-state index in [1.165, 1.54) is 26.4 Å². The van der Waals surface area contributed by atoms with Crippen LogP contribution in [0.25, 0.3) is 0 Å². The van der Waals surface area contributed by atoms with Crippen LogP contribution in [0.3, 0.4) is 0 Å². The predicted molar refractivity (Wildman–Crippen MR) is 112 cm³/mol. The van der Waals surface area contributed by atoms with Crippen molar-refractivity contribution in [3.63, 3.8) is 0 Å². The Balaban J connectivity index is 2.35. The Bertz CT molecular complexity index is 1030. The summed E-state index contributed by atoms with van der Waals surface area (Å²) >= 11 is 0. The summed E-state index contributed by atoms with van der Waals surface area (Å²) in [4.78, 5) is 36.2. The number of hydrogen-bond donors (Lipinski definition) is 0. The van der Waals surface area contributed by atoms with E-state index in [9.17, 15) is 35.9 Å². The average molecular weight is 506 g/mol. The van der Waals surface area contributed by atoms with Gasteiger partial charge in [-0.05, 0) is 38.7 Å². The molecule has 0 radical (unpaired) electrons. The first-order valence-corrected chi connectivity index (χ1v) is 10.4. The second kappa shape index (κ2) is 11.0. The van der Waals surface area contributed by atoms with Crippen LogP contribution in [0.15, 0.2) is 30.6 Å². The largest absolute Gasteiger partial charge is 0.460 e. The number of nitrogens with zero attached hydrogens (tertiary/aromatic N) is 4. The number of rotatable bonds is 8. The molecule has 0 bridgehead atoms. The zero-order valence-corrected chi connectivity index (χ0v) is 19.4. The number of alkyl halides is 6. The molecule has 7 nitrogen and oxygen atoms in total. The fraction of sp³-hybridized carbons (Fsp3) is 0.455. The van der Waals surface area contributed by atoms with E-state index >= 15 is 0 Å². The van der Waals surface area contributed by atoms with Gasteiger partial charge in [-0.1, -0.05) is 6.92 Å². The molecular formula is C22H24F6N4O3. The average Bonchev–Trinajstić information content (AvgIpc) is 2.80. The fourth-order valence-electron chi connectivity index (χ4n) is 2.97. The maximum Gasteiger partial charge on any atom is 0.416 e. The highest BCUT2D eigenvalue weighted by atomic mass is 19.4. The number of carbonyl (C=O) groups excluding carboxylic acids is 2. The molecule has 1 amide bonds. The van der Waals surface area contributed by atoms with Gasteiger partial charge in [-0.15, -0.1) is 0 Å². The number of likely N-dealkylation sites (N-methyl/N-ethyl adjacent to an activating group) is 1. The van der Waals surface area contributed by atoms with E-state index in [0.717, 1.165) is 11.4 Å². The molecule has 0 aliphatic rings.